The van der Waals surface area contributed by atoms with Gasteiger partial charge in [-0.05, 0) is 31.7 Å². The molecule has 142 valence electrons. The Balaban J connectivity index is 1.83. The minimum atomic E-state index is 0.0593. The number of carbonyl (C=O) groups is 2. The maximum atomic E-state index is 12.6. The summed E-state index contributed by atoms with van der Waals surface area (Å²) in [5.41, 5.74) is 1.76. The number of piperazine rings is 1. The Morgan fingerprint density at radius 3 is 2.15 bits per heavy atom. The van der Waals surface area contributed by atoms with Gasteiger partial charge in [0.2, 0.25) is 11.8 Å². The molecule has 0 aromatic heterocycles. The summed E-state index contributed by atoms with van der Waals surface area (Å²) in [5, 5.41) is 0. The molecule has 2 rings (SSSR count). The number of rotatable bonds is 7. The largest absolute Gasteiger partial charge is 0.339 e. The van der Waals surface area contributed by atoms with Crippen molar-refractivity contribution in [2.45, 2.75) is 27.2 Å². The molecule has 0 spiro atoms. The summed E-state index contributed by atoms with van der Waals surface area (Å²) in [6.45, 7) is 11.3. The van der Waals surface area contributed by atoms with Gasteiger partial charge in [-0.2, -0.15) is 0 Å². The third-order valence-electron chi connectivity index (χ3n) is 4.98. The molecule has 5 nitrogen and oxygen atoms in total. The predicted molar refractivity (Wildman–Crippen MR) is 106 cm³/mol. The average molecular weight is 357 g/mol. The van der Waals surface area contributed by atoms with Crippen molar-refractivity contribution in [3.05, 3.63) is 41.5 Å². The van der Waals surface area contributed by atoms with E-state index in [1.165, 1.54) is 0 Å². The van der Waals surface area contributed by atoms with Crippen molar-refractivity contribution >= 4 is 17.9 Å². The fourth-order valence-electron chi connectivity index (χ4n) is 3.22. The average Bonchev–Trinajstić information content (AvgIpc) is 2.69. The van der Waals surface area contributed by atoms with Crippen molar-refractivity contribution in [3.8, 4) is 0 Å². The van der Waals surface area contributed by atoms with Gasteiger partial charge in [-0.15, -0.1) is 0 Å². The number of benzene rings is 1. The van der Waals surface area contributed by atoms with Gasteiger partial charge in [-0.25, -0.2) is 0 Å². The van der Waals surface area contributed by atoms with Gasteiger partial charge in [0.25, 0.3) is 0 Å². The van der Waals surface area contributed by atoms with Gasteiger partial charge in [-0.3, -0.25) is 9.59 Å². The van der Waals surface area contributed by atoms with Crippen LogP contribution in [0.5, 0.6) is 0 Å². The van der Waals surface area contributed by atoms with Crippen molar-refractivity contribution in [2.75, 3.05) is 45.8 Å². The third-order valence-corrected chi connectivity index (χ3v) is 4.98. The quantitative estimate of drug-likeness (QED) is 0.704. The summed E-state index contributed by atoms with van der Waals surface area (Å²) in [5.74, 6) is 0.254. The first-order valence-corrected chi connectivity index (χ1v) is 9.57. The van der Waals surface area contributed by atoms with Gasteiger partial charge < -0.3 is 14.7 Å². The Hall–Kier alpha value is -2.14. The van der Waals surface area contributed by atoms with Crippen LogP contribution < -0.4 is 0 Å². The summed E-state index contributed by atoms with van der Waals surface area (Å²) in [6, 6.07) is 9.87. The zero-order valence-corrected chi connectivity index (χ0v) is 16.3. The molecule has 1 heterocycles. The van der Waals surface area contributed by atoms with Gasteiger partial charge >= 0.3 is 0 Å². The zero-order valence-electron chi connectivity index (χ0n) is 16.3. The van der Waals surface area contributed by atoms with Crippen molar-refractivity contribution in [2.24, 2.45) is 0 Å². The molecule has 0 radical (unpaired) electrons. The van der Waals surface area contributed by atoms with Crippen LogP contribution in [0.4, 0.5) is 0 Å². The lowest BCUT2D eigenvalue weighted by Gasteiger charge is -2.35. The first-order chi connectivity index (χ1) is 12.5. The molecule has 1 aliphatic heterocycles. The predicted octanol–water partition coefficient (Wildman–Crippen LogP) is 2.49. The molecule has 2 amide bonds. The van der Waals surface area contributed by atoms with Crippen molar-refractivity contribution in [1.29, 1.82) is 0 Å². The third kappa shape index (κ3) is 5.70. The lowest BCUT2D eigenvalue weighted by atomic mass is 10.1. The van der Waals surface area contributed by atoms with Crippen LogP contribution in [0.3, 0.4) is 0 Å². The van der Waals surface area contributed by atoms with E-state index in [0.717, 1.165) is 30.8 Å². The molecule has 0 unspecified atom stereocenters. The molecule has 0 saturated carbocycles. The van der Waals surface area contributed by atoms with Crippen LogP contribution in [-0.4, -0.2) is 72.3 Å². The minimum absolute atomic E-state index is 0.0593. The van der Waals surface area contributed by atoms with Crippen LogP contribution in [0, 0.1) is 0 Å². The Kier molecular flexibility index (Phi) is 7.85. The minimum Gasteiger partial charge on any atom is -0.339 e. The van der Waals surface area contributed by atoms with E-state index >= 15 is 0 Å². The van der Waals surface area contributed by atoms with Gasteiger partial charge in [0, 0.05) is 44.7 Å². The van der Waals surface area contributed by atoms with E-state index in [1.54, 1.807) is 0 Å². The summed E-state index contributed by atoms with van der Waals surface area (Å²) >= 11 is 0. The molecule has 1 saturated heterocycles. The van der Waals surface area contributed by atoms with Crippen LogP contribution in [0.15, 0.2) is 35.9 Å². The first-order valence-electron chi connectivity index (χ1n) is 9.57. The second-order valence-corrected chi connectivity index (χ2v) is 6.69. The number of hydrogen-bond acceptors (Lipinski definition) is 3. The Bertz CT molecular complexity index is 615. The van der Waals surface area contributed by atoms with Crippen LogP contribution >= 0.6 is 0 Å². The zero-order chi connectivity index (χ0) is 18.9. The van der Waals surface area contributed by atoms with Crippen molar-refractivity contribution in [3.63, 3.8) is 0 Å². The van der Waals surface area contributed by atoms with E-state index in [-0.39, 0.29) is 11.8 Å². The second-order valence-electron chi connectivity index (χ2n) is 6.69. The normalized spacial score (nSPS) is 15.5. The van der Waals surface area contributed by atoms with Gasteiger partial charge in [0.05, 0.1) is 0 Å². The van der Waals surface area contributed by atoms with E-state index in [9.17, 15) is 9.59 Å². The van der Waals surface area contributed by atoms with Crippen molar-refractivity contribution in [1.82, 2.24) is 14.7 Å². The van der Waals surface area contributed by atoms with E-state index in [2.05, 4.69) is 18.7 Å². The van der Waals surface area contributed by atoms with E-state index in [4.69, 9.17) is 0 Å². The highest BCUT2D eigenvalue weighted by Gasteiger charge is 2.24. The maximum absolute atomic E-state index is 12.6. The van der Waals surface area contributed by atoms with Gasteiger partial charge in [-0.1, -0.05) is 44.2 Å². The van der Waals surface area contributed by atoms with E-state index < -0.39 is 0 Å². The number of amides is 2. The number of carbonyl (C=O) groups excluding carboxylic acids is 2. The molecule has 1 fully saturated rings. The molecular formula is C21H31N3O2. The van der Waals surface area contributed by atoms with E-state index in [1.807, 2.05) is 53.1 Å². The summed E-state index contributed by atoms with van der Waals surface area (Å²) in [6.07, 6.45) is 2.48. The molecule has 1 aromatic carbocycles. The molecular weight excluding hydrogens is 326 g/mol. The molecule has 5 heteroatoms. The lowest BCUT2D eigenvalue weighted by Crippen LogP contribution is -2.51. The topological polar surface area (TPSA) is 43.9 Å². The molecule has 0 N–H and O–H groups in total. The molecule has 0 bridgehead atoms. The van der Waals surface area contributed by atoms with Crippen LogP contribution in [-0.2, 0) is 9.59 Å². The molecule has 0 atom stereocenters. The standard InChI is InChI=1S/C21H31N3O2/c1-4-22(5-2)12-11-20(25)23-13-15-24(16-14-23)21(26)18(3)17-19-9-7-6-8-10-19/h6-10,17H,4-5,11-16H2,1-3H3/b18-17+. The maximum Gasteiger partial charge on any atom is 0.249 e. The molecule has 1 aliphatic rings. The van der Waals surface area contributed by atoms with Crippen LogP contribution in [0.2, 0.25) is 0 Å². The number of nitrogens with zero attached hydrogens (tertiary/aromatic N) is 3. The first kappa shape index (κ1) is 20.2. The Morgan fingerprint density at radius 2 is 1.58 bits per heavy atom. The highest BCUT2D eigenvalue weighted by molar-refractivity contribution is 5.97. The summed E-state index contributed by atoms with van der Waals surface area (Å²) in [7, 11) is 0. The summed E-state index contributed by atoms with van der Waals surface area (Å²) < 4.78 is 0. The van der Waals surface area contributed by atoms with Crippen LogP contribution in [0.25, 0.3) is 6.08 Å². The number of hydrogen-bond donors (Lipinski definition) is 0. The molecule has 1 aromatic rings. The summed E-state index contributed by atoms with van der Waals surface area (Å²) in [4.78, 5) is 31.0. The lowest BCUT2D eigenvalue weighted by molar-refractivity contribution is -0.137. The highest BCUT2D eigenvalue weighted by atomic mass is 16.2. The monoisotopic (exact) mass is 357 g/mol. The Morgan fingerprint density at radius 1 is 1.00 bits per heavy atom. The van der Waals surface area contributed by atoms with Gasteiger partial charge in [0.15, 0.2) is 0 Å². The van der Waals surface area contributed by atoms with Crippen LogP contribution in [0.1, 0.15) is 32.8 Å². The molecule has 26 heavy (non-hydrogen) atoms. The smallest absolute Gasteiger partial charge is 0.249 e. The van der Waals surface area contributed by atoms with Crippen molar-refractivity contribution < 1.29 is 9.59 Å². The highest BCUT2D eigenvalue weighted by Crippen LogP contribution is 2.12. The fourth-order valence-corrected chi connectivity index (χ4v) is 3.22. The fraction of sp³-hybridized carbons (Fsp3) is 0.524. The molecule has 0 aliphatic carbocycles. The Labute approximate surface area is 157 Å². The second kappa shape index (κ2) is 10.1. The SMILES string of the molecule is CCN(CC)CCC(=O)N1CCN(C(=O)/C(C)=C/c2ccccc2)CC1. The van der Waals surface area contributed by atoms with E-state index in [0.29, 0.717) is 32.6 Å². The van der Waals surface area contributed by atoms with Gasteiger partial charge in [0.1, 0.15) is 0 Å².